The molecule has 2 rings (SSSR count). The number of benzene rings is 1. The minimum atomic E-state index is -4.23. The Kier molecular flexibility index (Phi) is 3.77. The molecule has 1 aromatic carbocycles. The lowest BCUT2D eigenvalue weighted by atomic mass is 10.2. The number of aromatic hydroxyl groups is 1. The van der Waals surface area contributed by atoms with Gasteiger partial charge in [-0.3, -0.25) is 4.55 Å². The van der Waals surface area contributed by atoms with Crippen LogP contribution in [0, 0.1) is 0 Å². The number of anilines is 2. The molecular weight excluding hydrogens is 282 g/mol. The third-order valence-electron chi connectivity index (χ3n) is 2.60. The second-order valence-corrected chi connectivity index (χ2v) is 5.52. The number of pyridine rings is 1. The van der Waals surface area contributed by atoms with Crippen molar-refractivity contribution in [2.24, 2.45) is 0 Å². The number of nitrogens with one attached hydrogen (secondary N) is 1. The molecule has 0 aliphatic carbocycles. The van der Waals surface area contributed by atoms with E-state index in [-0.39, 0.29) is 10.6 Å². The highest BCUT2D eigenvalue weighted by Crippen LogP contribution is 2.21. The summed E-state index contributed by atoms with van der Waals surface area (Å²) in [5.74, 6) is 0.438. The molecule has 0 radical (unpaired) electrons. The third-order valence-corrected chi connectivity index (χ3v) is 3.44. The topological polar surface area (TPSA) is 126 Å². The van der Waals surface area contributed by atoms with Gasteiger partial charge in [0, 0.05) is 6.54 Å². The smallest absolute Gasteiger partial charge is 0.296 e. The Morgan fingerprint density at radius 1 is 1.25 bits per heavy atom. The van der Waals surface area contributed by atoms with E-state index in [9.17, 15) is 13.5 Å². The van der Waals surface area contributed by atoms with E-state index in [1.54, 1.807) is 12.1 Å². The van der Waals surface area contributed by atoms with Gasteiger partial charge in [0.25, 0.3) is 10.1 Å². The zero-order chi connectivity index (χ0) is 14.8. The van der Waals surface area contributed by atoms with E-state index < -0.39 is 10.1 Å². The van der Waals surface area contributed by atoms with Crippen LogP contribution in [-0.4, -0.2) is 23.1 Å². The van der Waals surface area contributed by atoms with Crippen LogP contribution in [0.15, 0.2) is 41.4 Å². The molecule has 0 saturated carbocycles. The van der Waals surface area contributed by atoms with Crippen LogP contribution in [0.1, 0.15) is 5.56 Å². The van der Waals surface area contributed by atoms with Gasteiger partial charge in [0.2, 0.25) is 0 Å². The Balaban J connectivity index is 2.06. The van der Waals surface area contributed by atoms with Gasteiger partial charge in [0.05, 0.1) is 11.9 Å². The summed E-state index contributed by atoms with van der Waals surface area (Å²) in [6.45, 7) is 0.381. The fraction of sp³-hybridized carbons (Fsp3) is 0.0833. The fourth-order valence-electron chi connectivity index (χ4n) is 1.53. The molecular formula is C12H13N3O4S. The predicted octanol–water partition coefficient (Wildman–Crippen LogP) is 1.23. The van der Waals surface area contributed by atoms with E-state index in [1.165, 1.54) is 18.2 Å². The SMILES string of the molecule is Nc1ccc(CNc2ccc(S(=O)(=O)O)cn2)cc1O. The average molecular weight is 295 g/mol. The summed E-state index contributed by atoms with van der Waals surface area (Å²) in [4.78, 5) is 3.59. The molecule has 2 aromatic rings. The van der Waals surface area contributed by atoms with Crippen molar-refractivity contribution in [3.63, 3.8) is 0 Å². The van der Waals surface area contributed by atoms with Crippen molar-refractivity contribution in [2.75, 3.05) is 11.1 Å². The van der Waals surface area contributed by atoms with Crippen LogP contribution in [0.25, 0.3) is 0 Å². The summed E-state index contributed by atoms with van der Waals surface area (Å²) in [5.41, 5.74) is 6.57. The van der Waals surface area contributed by atoms with Gasteiger partial charge in [0.15, 0.2) is 0 Å². The third kappa shape index (κ3) is 3.37. The van der Waals surface area contributed by atoms with E-state index in [0.29, 0.717) is 18.1 Å². The molecule has 8 heteroatoms. The number of hydrogen-bond acceptors (Lipinski definition) is 6. The maximum atomic E-state index is 10.8. The normalized spacial score (nSPS) is 11.2. The van der Waals surface area contributed by atoms with Gasteiger partial charge < -0.3 is 16.2 Å². The lowest BCUT2D eigenvalue weighted by Gasteiger charge is -2.07. The first-order chi connectivity index (χ1) is 9.36. The number of nitrogen functional groups attached to an aromatic ring is 1. The lowest BCUT2D eigenvalue weighted by Crippen LogP contribution is -2.03. The Morgan fingerprint density at radius 2 is 2.00 bits per heavy atom. The summed E-state index contributed by atoms with van der Waals surface area (Å²) in [7, 11) is -4.23. The van der Waals surface area contributed by atoms with Crippen LogP contribution < -0.4 is 11.1 Å². The summed E-state index contributed by atoms with van der Waals surface area (Å²) < 4.78 is 30.5. The maximum absolute atomic E-state index is 10.8. The second kappa shape index (κ2) is 5.35. The highest BCUT2D eigenvalue weighted by molar-refractivity contribution is 7.85. The molecule has 106 valence electrons. The number of phenolic OH excluding ortho intramolecular Hbond substituents is 1. The number of nitrogens with zero attached hydrogens (tertiary/aromatic N) is 1. The fourth-order valence-corrected chi connectivity index (χ4v) is 1.96. The van der Waals surface area contributed by atoms with Gasteiger partial charge in [-0.1, -0.05) is 6.07 Å². The van der Waals surface area contributed by atoms with Crippen LogP contribution in [0.2, 0.25) is 0 Å². The Hall–Kier alpha value is -2.32. The van der Waals surface area contributed by atoms with Gasteiger partial charge >= 0.3 is 0 Å². The molecule has 0 aliphatic rings. The van der Waals surface area contributed by atoms with Crippen LogP contribution in [-0.2, 0) is 16.7 Å². The monoisotopic (exact) mass is 295 g/mol. The number of aromatic nitrogens is 1. The maximum Gasteiger partial charge on any atom is 0.296 e. The van der Waals surface area contributed by atoms with E-state index in [2.05, 4.69) is 10.3 Å². The molecule has 7 nitrogen and oxygen atoms in total. The van der Waals surface area contributed by atoms with Gasteiger partial charge in [-0.25, -0.2) is 4.98 Å². The molecule has 1 aromatic heterocycles. The summed E-state index contributed by atoms with van der Waals surface area (Å²) >= 11 is 0. The molecule has 1 heterocycles. The van der Waals surface area contributed by atoms with Crippen LogP contribution in [0.4, 0.5) is 11.5 Å². The number of phenols is 1. The molecule has 0 bridgehead atoms. The van der Waals surface area contributed by atoms with Crippen molar-refractivity contribution in [2.45, 2.75) is 11.4 Å². The van der Waals surface area contributed by atoms with Crippen LogP contribution >= 0.6 is 0 Å². The van der Waals surface area contributed by atoms with Gasteiger partial charge in [-0.05, 0) is 29.8 Å². The second-order valence-electron chi connectivity index (χ2n) is 4.10. The van der Waals surface area contributed by atoms with Crippen LogP contribution in [0.5, 0.6) is 5.75 Å². The molecule has 20 heavy (non-hydrogen) atoms. The Labute approximate surface area is 115 Å². The lowest BCUT2D eigenvalue weighted by molar-refractivity contribution is 0.477. The molecule has 0 fully saturated rings. The largest absolute Gasteiger partial charge is 0.506 e. The molecule has 0 saturated heterocycles. The zero-order valence-electron chi connectivity index (χ0n) is 10.3. The van der Waals surface area contributed by atoms with Crippen molar-refractivity contribution in [1.82, 2.24) is 4.98 Å². The first-order valence-corrected chi connectivity index (χ1v) is 7.05. The molecule has 0 spiro atoms. The van der Waals surface area contributed by atoms with Gasteiger partial charge in [0.1, 0.15) is 16.5 Å². The Bertz CT molecular complexity index is 714. The number of nitrogens with two attached hydrogens (primary N) is 1. The van der Waals surface area contributed by atoms with Crippen molar-refractivity contribution >= 4 is 21.6 Å². The molecule has 0 aliphatic heterocycles. The first-order valence-electron chi connectivity index (χ1n) is 5.61. The summed E-state index contributed by atoms with van der Waals surface area (Å²) in [6.07, 6.45) is 1.05. The van der Waals surface area contributed by atoms with Crippen molar-refractivity contribution in [3.8, 4) is 5.75 Å². The van der Waals surface area contributed by atoms with Gasteiger partial charge in [-0.2, -0.15) is 8.42 Å². The van der Waals surface area contributed by atoms with Crippen molar-refractivity contribution in [1.29, 1.82) is 0 Å². The molecule has 0 atom stereocenters. The van der Waals surface area contributed by atoms with E-state index in [1.807, 2.05) is 0 Å². The van der Waals surface area contributed by atoms with Crippen molar-refractivity contribution < 1.29 is 18.1 Å². The number of hydrogen-bond donors (Lipinski definition) is 4. The first kappa shape index (κ1) is 14.1. The summed E-state index contributed by atoms with van der Waals surface area (Å²) in [6, 6.07) is 7.52. The molecule has 0 amide bonds. The highest BCUT2D eigenvalue weighted by atomic mass is 32.2. The predicted molar refractivity (Wildman–Crippen MR) is 73.9 cm³/mol. The van der Waals surface area contributed by atoms with E-state index >= 15 is 0 Å². The average Bonchev–Trinajstić information content (AvgIpc) is 2.40. The number of rotatable bonds is 4. The minimum absolute atomic E-state index is 0.000944. The van der Waals surface area contributed by atoms with Crippen molar-refractivity contribution in [3.05, 3.63) is 42.1 Å². The molecule has 0 unspecified atom stereocenters. The van der Waals surface area contributed by atoms with E-state index in [4.69, 9.17) is 10.3 Å². The standard InChI is InChI=1S/C12H13N3O4S/c13-10-3-1-8(5-11(10)16)6-14-12-4-2-9(7-15-12)20(17,18)19/h1-5,7,16H,6,13H2,(H,14,15)(H,17,18,19). The molecule has 5 N–H and O–H groups in total. The Morgan fingerprint density at radius 3 is 2.55 bits per heavy atom. The summed E-state index contributed by atoms with van der Waals surface area (Å²) in [5, 5.41) is 12.4. The highest BCUT2D eigenvalue weighted by Gasteiger charge is 2.09. The zero-order valence-corrected chi connectivity index (χ0v) is 11.1. The minimum Gasteiger partial charge on any atom is -0.506 e. The quantitative estimate of drug-likeness (QED) is 0.379. The van der Waals surface area contributed by atoms with Crippen LogP contribution in [0.3, 0.4) is 0 Å². The van der Waals surface area contributed by atoms with Gasteiger partial charge in [-0.15, -0.1) is 0 Å². The van der Waals surface area contributed by atoms with E-state index in [0.717, 1.165) is 11.8 Å².